The van der Waals surface area contributed by atoms with Crippen molar-refractivity contribution in [3.63, 3.8) is 0 Å². The maximum absolute atomic E-state index is 12.4. The van der Waals surface area contributed by atoms with Crippen molar-refractivity contribution in [2.45, 2.75) is 80.7 Å². The fraction of sp³-hybridized carbons (Fsp3) is 0.812. The molecule has 2 fully saturated rings. The largest absolute Gasteiger partial charge is 0.352 e. The second-order valence-electron chi connectivity index (χ2n) is 6.63. The Morgan fingerprint density at radius 3 is 2.50 bits per heavy atom. The fourth-order valence-corrected chi connectivity index (χ4v) is 3.91. The molecule has 0 aromatic carbocycles. The van der Waals surface area contributed by atoms with Crippen LogP contribution in [0.1, 0.15) is 70.0 Å². The fourth-order valence-electron chi connectivity index (χ4n) is 3.08. The van der Waals surface area contributed by atoms with Crippen LogP contribution in [-0.4, -0.2) is 32.0 Å². The molecule has 1 aromatic heterocycles. The van der Waals surface area contributed by atoms with Crippen LogP contribution in [0.15, 0.2) is 5.16 Å². The molecule has 6 heteroatoms. The quantitative estimate of drug-likeness (QED) is 0.669. The summed E-state index contributed by atoms with van der Waals surface area (Å²) in [5.74, 6) is 1.79. The van der Waals surface area contributed by atoms with E-state index in [4.69, 9.17) is 0 Å². The topological polar surface area (TPSA) is 59.8 Å². The number of aromatic nitrogens is 3. The average molecular weight is 322 g/mol. The van der Waals surface area contributed by atoms with Crippen molar-refractivity contribution < 1.29 is 4.79 Å². The molecule has 2 aliphatic carbocycles. The number of nitrogens with one attached hydrogen (secondary N) is 1. The lowest BCUT2D eigenvalue weighted by Crippen LogP contribution is -2.39. The van der Waals surface area contributed by atoms with Crippen LogP contribution in [0, 0.1) is 0 Å². The lowest BCUT2D eigenvalue weighted by atomic mass is 10.1. The lowest BCUT2D eigenvalue weighted by Gasteiger charge is -2.19. The first-order chi connectivity index (χ1) is 10.6. The van der Waals surface area contributed by atoms with Gasteiger partial charge < -0.3 is 9.88 Å². The van der Waals surface area contributed by atoms with Crippen molar-refractivity contribution >= 4 is 17.7 Å². The Labute approximate surface area is 136 Å². The zero-order valence-electron chi connectivity index (χ0n) is 13.5. The molecule has 0 aliphatic heterocycles. The van der Waals surface area contributed by atoms with E-state index in [9.17, 15) is 4.79 Å². The summed E-state index contributed by atoms with van der Waals surface area (Å²) in [6, 6.07) is 0.361. The standard InChI is InChI=1S/C16H26N4OS/c1-11(15(21)17-13-7-5-3-4-6-8-13)22-16-19-18-14(20(16)2)12-9-10-12/h11-13H,3-10H2,1-2H3,(H,17,21)/t11-/m0/s1. The third kappa shape index (κ3) is 3.83. The smallest absolute Gasteiger partial charge is 0.233 e. The van der Waals surface area contributed by atoms with E-state index in [0.717, 1.165) is 23.8 Å². The van der Waals surface area contributed by atoms with Crippen molar-refractivity contribution in [2.24, 2.45) is 7.05 Å². The van der Waals surface area contributed by atoms with Crippen molar-refractivity contribution in [3.8, 4) is 0 Å². The highest BCUT2D eigenvalue weighted by molar-refractivity contribution is 8.00. The Kier molecular flexibility index (Phi) is 5.06. The van der Waals surface area contributed by atoms with Gasteiger partial charge in [-0.3, -0.25) is 4.79 Å². The average Bonchev–Trinajstić information content (AvgIpc) is 3.30. The van der Waals surface area contributed by atoms with Crippen LogP contribution < -0.4 is 5.32 Å². The van der Waals surface area contributed by atoms with E-state index in [1.807, 2.05) is 14.0 Å². The SMILES string of the molecule is C[C@H](Sc1nnc(C2CC2)n1C)C(=O)NC1CCCCCC1. The van der Waals surface area contributed by atoms with Crippen LogP contribution >= 0.6 is 11.8 Å². The van der Waals surface area contributed by atoms with Gasteiger partial charge in [0.1, 0.15) is 5.82 Å². The van der Waals surface area contributed by atoms with Gasteiger partial charge in [-0.15, -0.1) is 10.2 Å². The molecular formula is C16H26N4OS. The van der Waals surface area contributed by atoms with Crippen molar-refractivity contribution in [1.82, 2.24) is 20.1 Å². The third-order valence-corrected chi connectivity index (χ3v) is 5.80. The van der Waals surface area contributed by atoms with Gasteiger partial charge in [0.15, 0.2) is 5.16 Å². The molecular weight excluding hydrogens is 296 g/mol. The van der Waals surface area contributed by atoms with E-state index in [0.29, 0.717) is 12.0 Å². The molecule has 1 aromatic rings. The maximum atomic E-state index is 12.4. The minimum Gasteiger partial charge on any atom is -0.352 e. The summed E-state index contributed by atoms with van der Waals surface area (Å²) in [6.45, 7) is 1.96. The first kappa shape index (κ1) is 15.8. The molecule has 0 unspecified atom stereocenters. The molecule has 0 radical (unpaired) electrons. The summed E-state index contributed by atoms with van der Waals surface area (Å²) in [4.78, 5) is 12.4. The Morgan fingerprint density at radius 1 is 1.18 bits per heavy atom. The lowest BCUT2D eigenvalue weighted by molar-refractivity contribution is -0.121. The van der Waals surface area contributed by atoms with E-state index in [-0.39, 0.29) is 11.2 Å². The number of hydrogen-bond acceptors (Lipinski definition) is 4. The molecule has 3 rings (SSSR count). The van der Waals surface area contributed by atoms with Crippen LogP contribution in [0.5, 0.6) is 0 Å². The van der Waals surface area contributed by atoms with Gasteiger partial charge in [0.2, 0.25) is 5.91 Å². The molecule has 122 valence electrons. The molecule has 1 N–H and O–H groups in total. The first-order valence-electron chi connectivity index (χ1n) is 8.51. The summed E-state index contributed by atoms with van der Waals surface area (Å²) in [5, 5.41) is 12.5. The predicted octanol–water partition coefficient (Wildman–Crippen LogP) is 3.01. The van der Waals surface area contributed by atoms with Gasteiger partial charge in [0, 0.05) is 19.0 Å². The van der Waals surface area contributed by atoms with Crippen LogP contribution in [0.25, 0.3) is 0 Å². The van der Waals surface area contributed by atoms with Crippen LogP contribution in [0.2, 0.25) is 0 Å². The van der Waals surface area contributed by atoms with E-state index in [1.165, 1.54) is 50.3 Å². The molecule has 0 bridgehead atoms. The molecule has 1 amide bonds. The Balaban J connectivity index is 1.54. The van der Waals surface area contributed by atoms with Crippen molar-refractivity contribution in [3.05, 3.63) is 5.82 Å². The number of carbonyl (C=O) groups excluding carboxylic acids is 1. The number of rotatable bonds is 5. The molecule has 2 saturated carbocycles. The number of amides is 1. The van der Waals surface area contributed by atoms with Crippen molar-refractivity contribution in [1.29, 1.82) is 0 Å². The van der Waals surface area contributed by atoms with E-state index >= 15 is 0 Å². The molecule has 0 saturated heterocycles. The second-order valence-corrected chi connectivity index (χ2v) is 7.94. The molecule has 1 atom stereocenters. The Hall–Kier alpha value is -1.04. The van der Waals surface area contributed by atoms with Crippen molar-refractivity contribution in [2.75, 3.05) is 0 Å². The number of carbonyl (C=O) groups is 1. The number of thioether (sulfide) groups is 1. The summed E-state index contributed by atoms with van der Waals surface area (Å²) >= 11 is 1.52. The van der Waals surface area contributed by atoms with Gasteiger partial charge in [-0.1, -0.05) is 37.4 Å². The van der Waals surface area contributed by atoms with Gasteiger partial charge in [-0.05, 0) is 32.6 Å². The third-order valence-electron chi connectivity index (χ3n) is 4.66. The highest BCUT2D eigenvalue weighted by atomic mass is 32.2. The molecule has 5 nitrogen and oxygen atoms in total. The summed E-state index contributed by atoms with van der Waals surface area (Å²) < 4.78 is 2.05. The van der Waals surface area contributed by atoms with E-state index < -0.39 is 0 Å². The van der Waals surface area contributed by atoms with Gasteiger partial charge in [0.25, 0.3) is 0 Å². The Morgan fingerprint density at radius 2 is 1.86 bits per heavy atom. The minimum atomic E-state index is -0.127. The summed E-state index contributed by atoms with van der Waals surface area (Å²) in [6.07, 6.45) is 9.76. The zero-order valence-corrected chi connectivity index (χ0v) is 14.4. The van der Waals surface area contributed by atoms with E-state index in [1.54, 1.807) is 0 Å². The monoisotopic (exact) mass is 322 g/mol. The highest BCUT2D eigenvalue weighted by Gasteiger charge is 2.30. The molecule has 2 aliphatic rings. The Bertz CT molecular complexity index is 518. The van der Waals surface area contributed by atoms with Gasteiger partial charge in [-0.2, -0.15) is 0 Å². The second kappa shape index (κ2) is 7.02. The molecule has 1 heterocycles. The summed E-state index contributed by atoms with van der Waals surface area (Å²) in [5.41, 5.74) is 0. The van der Waals surface area contributed by atoms with E-state index in [2.05, 4.69) is 20.1 Å². The predicted molar refractivity (Wildman–Crippen MR) is 87.9 cm³/mol. The molecule has 22 heavy (non-hydrogen) atoms. The highest BCUT2D eigenvalue weighted by Crippen LogP contribution is 2.39. The van der Waals surface area contributed by atoms with Crippen LogP contribution in [0.3, 0.4) is 0 Å². The van der Waals surface area contributed by atoms with Gasteiger partial charge in [-0.25, -0.2) is 0 Å². The van der Waals surface area contributed by atoms with Gasteiger partial charge in [0.05, 0.1) is 5.25 Å². The normalized spacial score (nSPS) is 21.4. The van der Waals surface area contributed by atoms with Crippen LogP contribution in [-0.2, 0) is 11.8 Å². The minimum absolute atomic E-state index is 0.127. The summed E-state index contributed by atoms with van der Waals surface area (Å²) in [7, 11) is 2.01. The maximum Gasteiger partial charge on any atom is 0.233 e. The molecule has 0 spiro atoms. The van der Waals surface area contributed by atoms with Gasteiger partial charge >= 0.3 is 0 Å². The number of hydrogen-bond donors (Lipinski definition) is 1. The number of nitrogens with zero attached hydrogens (tertiary/aromatic N) is 3. The zero-order chi connectivity index (χ0) is 15.5. The first-order valence-corrected chi connectivity index (χ1v) is 9.39. The van der Waals surface area contributed by atoms with Crippen LogP contribution in [0.4, 0.5) is 0 Å².